The Morgan fingerprint density at radius 3 is 2.15 bits per heavy atom. The maximum atomic E-state index is 10.1. The molecule has 0 saturated carbocycles. The summed E-state index contributed by atoms with van der Waals surface area (Å²) < 4.78 is 0. The Kier molecular flexibility index (Phi) is 4.20. The summed E-state index contributed by atoms with van der Waals surface area (Å²) >= 11 is 0. The van der Waals surface area contributed by atoms with Gasteiger partial charge in [0.1, 0.15) is 0 Å². The number of nitrogens with zero attached hydrogens (tertiary/aromatic N) is 2. The second kappa shape index (κ2) is 4.91. The Morgan fingerprint density at radius 2 is 1.85 bits per heavy atom. The summed E-state index contributed by atoms with van der Waals surface area (Å²) in [4.78, 5) is 30.2. The molecule has 0 saturated heterocycles. The van der Waals surface area contributed by atoms with E-state index in [1.54, 1.807) is 0 Å². The molecule has 0 bridgehead atoms. The van der Waals surface area contributed by atoms with Gasteiger partial charge in [0.25, 0.3) is 0 Å². The number of aliphatic carboxylic acids is 2. The Hall–Kier alpha value is -1.86. The lowest BCUT2D eigenvalue weighted by Gasteiger charge is -2.09. The highest BCUT2D eigenvalue weighted by molar-refractivity contribution is 5.69. The minimum atomic E-state index is -1.37. The average molecular weight is 192 g/mol. The topological polar surface area (TPSA) is 121 Å². The normalized spacial score (nSPS) is 9.23. The molecule has 0 radical (unpaired) electrons. The SMILES string of the molecule is O=C(O)CCN(CC(=O)O)[N+](=O)[O-]. The van der Waals surface area contributed by atoms with Crippen molar-refractivity contribution in [1.82, 2.24) is 5.01 Å². The third-order valence-electron chi connectivity index (χ3n) is 1.13. The molecule has 0 aromatic rings. The third kappa shape index (κ3) is 5.41. The highest BCUT2D eigenvalue weighted by atomic mass is 16.7. The Bertz CT molecular complexity index is 227. The van der Waals surface area contributed by atoms with Crippen molar-refractivity contribution in [3.05, 3.63) is 10.1 Å². The van der Waals surface area contributed by atoms with Gasteiger partial charge in [-0.25, -0.2) is 10.1 Å². The number of rotatable bonds is 6. The first-order valence-electron chi connectivity index (χ1n) is 3.26. The Morgan fingerprint density at radius 1 is 1.31 bits per heavy atom. The lowest BCUT2D eigenvalue weighted by molar-refractivity contribution is -0.652. The minimum Gasteiger partial charge on any atom is -0.481 e. The van der Waals surface area contributed by atoms with Crippen molar-refractivity contribution in [3.8, 4) is 0 Å². The van der Waals surface area contributed by atoms with E-state index in [4.69, 9.17) is 10.2 Å². The zero-order valence-electron chi connectivity index (χ0n) is 6.54. The summed E-state index contributed by atoms with van der Waals surface area (Å²) in [7, 11) is 0. The van der Waals surface area contributed by atoms with Crippen LogP contribution < -0.4 is 0 Å². The van der Waals surface area contributed by atoms with Crippen LogP contribution in [0.15, 0.2) is 0 Å². The summed E-state index contributed by atoms with van der Waals surface area (Å²) in [6.07, 6.45) is -0.464. The molecule has 74 valence electrons. The van der Waals surface area contributed by atoms with Crippen LogP contribution in [0, 0.1) is 10.1 Å². The minimum absolute atomic E-state index is 0.330. The van der Waals surface area contributed by atoms with Gasteiger partial charge in [-0.05, 0) is 0 Å². The van der Waals surface area contributed by atoms with Crippen LogP contribution in [0.1, 0.15) is 6.42 Å². The molecule has 0 spiro atoms. The van der Waals surface area contributed by atoms with Gasteiger partial charge in [0, 0.05) is 0 Å². The zero-order valence-corrected chi connectivity index (χ0v) is 6.54. The maximum absolute atomic E-state index is 10.1. The van der Waals surface area contributed by atoms with Crippen LogP contribution in [0.5, 0.6) is 0 Å². The second-order valence-corrected chi connectivity index (χ2v) is 2.16. The van der Waals surface area contributed by atoms with E-state index in [1.807, 2.05) is 0 Å². The molecule has 0 rings (SSSR count). The van der Waals surface area contributed by atoms with Crippen molar-refractivity contribution >= 4 is 11.9 Å². The van der Waals surface area contributed by atoms with Crippen LogP contribution in [0.25, 0.3) is 0 Å². The summed E-state index contributed by atoms with van der Waals surface area (Å²) in [5.41, 5.74) is 0. The summed E-state index contributed by atoms with van der Waals surface area (Å²) in [5.74, 6) is -2.58. The van der Waals surface area contributed by atoms with Crippen LogP contribution in [0.4, 0.5) is 0 Å². The van der Waals surface area contributed by atoms with Gasteiger partial charge in [0.05, 0.1) is 13.0 Å². The molecule has 0 fully saturated rings. The zero-order chi connectivity index (χ0) is 10.4. The molecular formula is C5H8N2O6. The van der Waals surface area contributed by atoms with E-state index in [1.165, 1.54) is 0 Å². The second-order valence-electron chi connectivity index (χ2n) is 2.16. The van der Waals surface area contributed by atoms with Crippen molar-refractivity contribution in [2.75, 3.05) is 13.1 Å². The average Bonchev–Trinajstić information content (AvgIpc) is 1.96. The van der Waals surface area contributed by atoms with Crippen LogP contribution in [0.2, 0.25) is 0 Å². The third-order valence-corrected chi connectivity index (χ3v) is 1.13. The van der Waals surface area contributed by atoms with Crippen molar-refractivity contribution in [1.29, 1.82) is 0 Å². The van der Waals surface area contributed by atoms with Crippen LogP contribution in [0.3, 0.4) is 0 Å². The molecule has 13 heavy (non-hydrogen) atoms. The first-order chi connectivity index (χ1) is 5.93. The largest absolute Gasteiger partial charge is 0.481 e. The molecule has 0 amide bonds. The molecular weight excluding hydrogens is 184 g/mol. The van der Waals surface area contributed by atoms with Crippen LogP contribution in [-0.4, -0.2) is 45.3 Å². The molecule has 0 aromatic carbocycles. The molecule has 0 aromatic heterocycles. The highest BCUT2D eigenvalue weighted by Gasteiger charge is 2.18. The van der Waals surface area contributed by atoms with Gasteiger partial charge < -0.3 is 10.2 Å². The monoisotopic (exact) mass is 192 g/mol. The predicted octanol–water partition coefficient (Wildman–Crippen LogP) is -0.961. The van der Waals surface area contributed by atoms with Gasteiger partial charge in [-0.3, -0.25) is 9.59 Å². The lowest BCUT2D eigenvalue weighted by Crippen LogP contribution is -2.36. The molecule has 0 atom stereocenters. The fraction of sp³-hybridized carbons (Fsp3) is 0.600. The molecule has 8 heteroatoms. The van der Waals surface area contributed by atoms with E-state index in [0.29, 0.717) is 5.01 Å². The van der Waals surface area contributed by atoms with Gasteiger partial charge in [0.15, 0.2) is 11.6 Å². The highest BCUT2D eigenvalue weighted by Crippen LogP contribution is 1.91. The van der Waals surface area contributed by atoms with Crippen molar-refractivity contribution < 1.29 is 24.8 Å². The van der Waals surface area contributed by atoms with E-state index in [0.717, 1.165) is 0 Å². The molecule has 0 unspecified atom stereocenters. The molecule has 8 nitrogen and oxygen atoms in total. The van der Waals surface area contributed by atoms with Gasteiger partial charge >= 0.3 is 11.9 Å². The standard InChI is InChI=1S/C5H8N2O6/c8-4(9)1-2-6(7(12)13)3-5(10)11/h1-3H2,(H,8,9)(H,10,11). The van der Waals surface area contributed by atoms with Crippen molar-refractivity contribution in [2.24, 2.45) is 0 Å². The van der Waals surface area contributed by atoms with Crippen molar-refractivity contribution in [3.63, 3.8) is 0 Å². The fourth-order valence-electron chi connectivity index (χ4n) is 0.599. The number of hydrogen-bond acceptors (Lipinski definition) is 4. The fourth-order valence-corrected chi connectivity index (χ4v) is 0.599. The van der Waals surface area contributed by atoms with Crippen molar-refractivity contribution in [2.45, 2.75) is 6.42 Å². The quantitative estimate of drug-likeness (QED) is 0.410. The molecule has 0 aliphatic carbocycles. The van der Waals surface area contributed by atoms with E-state index in [2.05, 4.69) is 0 Å². The summed E-state index contributed by atoms with van der Waals surface area (Å²) in [6, 6.07) is 0. The number of nitro groups is 1. The smallest absolute Gasteiger partial charge is 0.329 e. The molecule has 0 aliphatic rings. The van der Waals surface area contributed by atoms with Gasteiger partial charge in [-0.2, -0.15) is 0 Å². The lowest BCUT2D eigenvalue weighted by atomic mass is 10.4. The van der Waals surface area contributed by atoms with Crippen LogP contribution in [-0.2, 0) is 9.59 Å². The van der Waals surface area contributed by atoms with E-state index in [9.17, 15) is 19.7 Å². The number of carboxylic acid groups (broad SMARTS) is 2. The van der Waals surface area contributed by atoms with E-state index >= 15 is 0 Å². The van der Waals surface area contributed by atoms with Gasteiger partial charge in [-0.1, -0.05) is 0 Å². The molecule has 0 heterocycles. The first kappa shape index (κ1) is 11.1. The maximum Gasteiger partial charge on any atom is 0.329 e. The number of hydrogen-bond donors (Lipinski definition) is 2. The van der Waals surface area contributed by atoms with E-state index < -0.39 is 36.5 Å². The van der Waals surface area contributed by atoms with Crippen LogP contribution >= 0.6 is 0 Å². The number of hydrazine groups is 1. The molecule has 0 aliphatic heterocycles. The summed E-state index contributed by atoms with van der Waals surface area (Å²) in [6.45, 7) is -1.23. The van der Waals surface area contributed by atoms with Gasteiger partial charge in [0.2, 0.25) is 0 Å². The Balaban J connectivity index is 4.02. The predicted molar refractivity (Wildman–Crippen MR) is 38.5 cm³/mol. The Labute approximate surface area is 72.5 Å². The number of carbonyl (C=O) groups is 2. The molecule has 2 N–H and O–H groups in total. The first-order valence-corrected chi connectivity index (χ1v) is 3.26. The summed E-state index contributed by atoms with van der Waals surface area (Å²) in [5, 5.41) is 25.9. The number of carboxylic acids is 2. The van der Waals surface area contributed by atoms with Gasteiger partial charge in [-0.15, -0.1) is 5.01 Å². The van der Waals surface area contributed by atoms with E-state index in [-0.39, 0.29) is 0 Å².